The van der Waals surface area contributed by atoms with Crippen molar-refractivity contribution in [2.45, 2.75) is 25.4 Å². The summed E-state index contributed by atoms with van der Waals surface area (Å²) in [5.41, 5.74) is 1.11. The molecule has 0 aliphatic heterocycles. The van der Waals surface area contributed by atoms with Crippen LogP contribution in [0.4, 0.5) is 0 Å². The van der Waals surface area contributed by atoms with Gasteiger partial charge in [0.05, 0.1) is 5.02 Å². The summed E-state index contributed by atoms with van der Waals surface area (Å²) < 4.78 is 1.02. The summed E-state index contributed by atoms with van der Waals surface area (Å²) in [5.74, 6) is 0. The highest BCUT2D eigenvalue weighted by atomic mass is 79.9. The monoisotopic (exact) mass is 341 g/mol. The SMILES string of the molecule is Clc1cc(Br)ccc1-c1ccc(CNC2CC2)s1. The molecule has 0 spiro atoms. The second-order valence-electron chi connectivity index (χ2n) is 4.55. The van der Waals surface area contributed by atoms with Gasteiger partial charge in [-0.1, -0.05) is 33.6 Å². The number of nitrogens with one attached hydrogen (secondary N) is 1. The van der Waals surface area contributed by atoms with Crippen LogP contribution in [0.1, 0.15) is 17.7 Å². The first-order valence-corrected chi connectivity index (χ1v) is 7.98. The minimum Gasteiger partial charge on any atom is -0.309 e. The summed E-state index contributed by atoms with van der Waals surface area (Å²) in [6, 6.07) is 11.1. The second kappa shape index (κ2) is 5.33. The van der Waals surface area contributed by atoms with Gasteiger partial charge in [0, 0.05) is 32.4 Å². The lowest BCUT2D eigenvalue weighted by molar-refractivity contribution is 0.695. The molecule has 0 bridgehead atoms. The molecule has 1 nitrogen and oxygen atoms in total. The number of rotatable bonds is 4. The fourth-order valence-corrected chi connectivity index (χ4v) is 3.67. The summed E-state index contributed by atoms with van der Waals surface area (Å²) in [7, 11) is 0. The van der Waals surface area contributed by atoms with Crippen LogP contribution in [0.5, 0.6) is 0 Å². The third kappa shape index (κ3) is 2.97. The molecule has 1 aromatic carbocycles. The predicted molar refractivity (Wildman–Crippen MR) is 82.3 cm³/mol. The van der Waals surface area contributed by atoms with Crippen molar-refractivity contribution in [2.75, 3.05) is 0 Å². The maximum Gasteiger partial charge on any atom is 0.0503 e. The first-order valence-electron chi connectivity index (χ1n) is 6.00. The Morgan fingerprint density at radius 3 is 2.83 bits per heavy atom. The first-order chi connectivity index (χ1) is 8.72. The third-order valence-electron chi connectivity index (χ3n) is 3.00. The molecule has 0 radical (unpaired) electrons. The van der Waals surface area contributed by atoms with Gasteiger partial charge in [-0.2, -0.15) is 0 Å². The van der Waals surface area contributed by atoms with E-state index in [0.717, 1.165) is 27.6 Å². The van der Waals surface area contributed by atoms with Gasteiger partial charge in [-0.15, -0.1) is 11.3 Å². The Hall–Kier alpha value is -0.350. The summed E-state index contributed by atoms with van der Waals surface area (Å²) in [6.45, 7) is 0.976. The van der Waals surface area contributed by atoms with Crippen molar-refractivity contribution in [3.63, 3.8) is 0 Å². The van der Waals surface area contributed by atoms with E-state index < -0.39 is 0 Å². The lowest BCUT2D eigenvalue weighted by Gasteiger charge is -2.02. The molecular weight excluding hydrogens is 330 g/mol. The van der Waals surface area contributed by atoms with Crippen molar-refractivity contribution in [3.8, 4) is 10.4 Å². The quantitative estimate of drug-likeness (QED) is 0.816. The van der Waals surface area contributed by atoms with Crippen molar-refractivity contribution < 1.29 is 0 Å². The van der Waals surface area contributed by atoms with Gasteiger partial charge < -0.3 is 5.32 Å². The van der Waals surface area contributed by atoms with Crippen LogP contribution in [0.15, 0.2) is 34.8 Å². The molecule has 1 fully saturated rings. The van der Waals surface area contributed by atoms with Crippen LogP contribution in [-0.2, 0) is 6.54 Å². The summed E-state index contributed by atoms with van der Waals surface area (Å²) in [5, 5.41) is 4.33. The van der Waals surface area contributed by atoms with Crippen molar-refractivity contribution in [1.82, 2.24) is 5.32 Å². The van der Waals surface area contributed by atoms with Crippen LogP contribution in [0.2, 0.25) is 5.02 Å². The van der Waals surface area contributed by atoms with Crippen molar-refractivity contribution in [2.24, 2.45) is 0 Å². The summed E-state index contributed by atoms with van der Waals surface area (Å²) in [6.07, 6.45) is 2.66. The molecule has 1 aliphatic carbocycles. The van der Waals surface area contributed by atoms with Gasteiger partial charge in [-0.3, -0.25) is 0 Å². The van der Waals surface area contributed by atoms with Crippen LogP contribution in [0.3, 0.4) is 0 Å². The average Bonchev–Trinajstić information content (AvgIpc) is 3.05. The van der Waals surface area contributed by atoms with Gasteiger partial charge >= 0.3 is 0 Å². The Kier molecular flexibility index (Phi) is 3.76. The molecule has 0 saturated heterocycles. The summed E-state index contributed by atoms with van der Waals surface area (Å²) in [4.78, 5) is 2.61. The Morgan fingerprint density at radius 1 is 1.28 bits per heavy atom. The van der Waals surface area contributed by atoms with E-state index in [-0.39, 0.29) is 0 Å². The second-order valence-corrected chi connectivity index (χ2v) is 7.04. The Bertz CT molecular complexity index is 563. The fourth-order valence-electron chi connectivity index (χ4n) is 1.84. The molecule has 0 amide bonds. The third-order valence-corrected chi connectivity index (χ3v) is 4.93. The van der Waals surface area contributed by atoms with Gasteiger partial charge in [0.25, 0.3) is 0 Å². The molecule has 4 heteroatoms. The number of halogens is 2. The molecule has 1 saturated carbocycles. The van der Waals surface area contributed by atoms with E-state index in [2.05, 4.69) is 39.4 Å². The van der Waals surface area contributed by atoms with Gasteiger partial charge in [0.2, 0.25) is 0 Å². The Balaban J connectivity index is 1.78. The molecular formula is C14H13BrClNS. The average molecular weight is 343 g/mol. The molecule has 2 aromatic rings. The Morgan fingerprint density at radius 2 is 2.11 bits per heavy atom. The van der Waals surface area contributed by atoms with Crippen molar-refractivity contribution >= 4 is 38.9 Å². The number of hydrogen-bond donors (Lipinski definition) is 1. The molecule has 1 N–H and O–H groups in total. The Labute approximate surface area is 124 Å². The van der Waals surface area contributed by atoms with E-state index >= 15 is 0 Å². The zero-order chi connectivity index (χ0) is 12.5. The van der Waals surface area contributed by atoms with E-state index in [1.807, 2.05) is 23.5 Å². The normalized spacial score (nSPS) is 15.0. The van der Waals surface area contributed by atoms with Crippen LogP contribution in [0.25, 0.3) is 10.4 Å². The maximum atomic E-state index is 6.27. The fraction of sp³-hybridized carbons (Fsp3) is 0.286. The number of benzene rings is 1. The minimum atomic E-state index is 0.756. The van der Waals surface area contributed by atoms with Crippen LogP contribution >= 0.6 is 38.9 Å². The molecule has 1 aliphatic rings. The van der Waals surface area contributed by atoms with Gasteiger partial charge in [0.1, 0.15) is 0 Å². The van der Waals surface area contributed by atoms with Gasteiger partial charge in [0.15, 0.2) is 0 Å². The smallest absolute Gasteiger partial charge is 0.0503 e. The molecule has 94 valence electrons. The lowest BCUT2D eigenvalue weighted by Crippen LogP contribution is -2.14. The van der Waals surface area contributed by atoms with E-state index in [1.165, 1.54) is 22.6 Å². The van der Waals surface area contributed by atoms with Crippen LogP contribution in [0, 0.1) is 0 Å². The molecule has 1 heterocycles. The number of hydrogen-bond acceptors (Lipinski definition) is 2. The highest BCUT2D eigenvalue weighted by Crippen LogP contribution is 2.35. The first kappa shape index (κ1) is 12.7. The van der Waals surface area contributed by atoms with Crippen LogP contribution < -0.4 is 5.32 Å². The molecule has 18 heavy (non-hydrogen) atoms. The van der Waals surface area contributed by atoms with Crippen molar-refractivity contribution in [1.29, 1.82) is 0 Å². The van der Waals surface area contributed by atoms with Crippen molar-refractivity contribution in [3.05, 3.63) is 44.7 Å². The van der Waals surface area contributed by atoms with E-state index in [9.17, 15) is 0 Å². The van der Waals surface area contributed by atoms with Crippen LogP contribution in [-0.4, -0.2) is 6.04 Å². The molecule has 1 aromatic heterocycles. The lowest BCUT2D eigenvalue weighted by atomic mass is 10.2. The highest BCUT2D eigenvalue weighted by molar-refractivity contribution is 9.10. The molecule has 0 unspecified atom stereocenters. The topological polar surface area (TPSA) is 12.0 Å². The van der Waals surface area contributed by atoms with Gasteiger partial charge in [-0.25, -0.2) is 0 Å². The predicted octanol–water partition coefficient (Wildman–Crippen LogP) is 5.08. The highest BCUT2D eigenvalue weighted by Gasteiger charge is 2.20. The number of thiophene rings is 1. The summed E-state index contributed by atoms with van der Waals surface area (Å²) >= 11 is 11.5. The van der Waals surface area contributed by atoms with E-state index in [4.69, 9.17) is 11.6 Å². The van der Waals surface area contributed by atoms with E-state index in [1.54, 1.807) is 0 Å². The van der Waals surface area contributed by atoms with E-state index in [0.29, 0.717) is 0 Å². The standard InChI is InChI=1S/C14H13BrClNS/c15-9-1-5-12(13(16)7-9)14-6-4-11(18-14)8-17-10-2-3-10/h1,4-7,10,17H,2-3,8H2. The molecule has 0 atom stereocenters. The minimum absolute atomic E-state index is 0.756. The molecule has 3 rings (SSSR count). The zero-order valence-electron chi connectivity index (χ0n) is 9.75. The van der Waals surface area contributed by atoms with Gasteiger partial charge in [-0.05, 0) is 37.1 Å². The zero-order valence-corrected chi connectivity index (χ0v) is 12.9. The maximum absolute atomic E-state index is 6.27. The largest absolute Gasteiger partial charge is 0.309 e.